The predicted molar refractivity (Wildman–Crippen MR) is 104 cm³/mol. The van der Waals surface area contributed by atoms with Crippen molar-refractivity contribution in [3.8, 4) is 23.0 Å². The highest BCUT2D eigenvalue weighted by Gasteiger charge is 2.07. The van der Waals surface area contributed by atoms with Gasteiger partial charge in [-0.3, -0.25) is 4.79 Å². The molecule has 0 aliphatic rings. The van der Waals surface area contributed by atoms with Gasteiger partial charge in [0.2, 0.25) is 0 Å². The molecular formula is C21H27NO5. The molecule has 146 valence electrons. The van der Waals surface area contributed by atoms with Gasteiger partial charge in [-0.05, 0) is 31.4 Å². The van der Waals surface area contributed by atoms with E-state index in [1.54, 1.807) is 32.4 Å². The van der Waals surface area contributed by atoms with Crippen LogP contribution in [0, 0.1) is 0 Å². The van der Waals surface area contributed by atoms with Gasteiger partial charge in [0.15, 0.2) is 6.61 Å². The van der Waals surface area contributed by atoms with E-state index in [0.717, 1.165) is 24.2 Å². The number of carbonyl (C=O) groups is 1. The lowest BCUT2D eigenvalue weighted by Gasteiger charge is -2.11. The summed E-state index contributed by atoms with van der Waals surface area (Å²) in [7, 11) is 3.13. The van der Waals surface area contributed by atoms with Gasteiger partial charge in [0.25, 0.3) is 5.91 Å². The largest absolute Gasteiger partial charge is 0.496 e. The normalized spacial score (nSPS) is 10.2. The fraction of sp³-hybridized carbons (Fsp3) is 0.381. The van der Waals surface area contributed by atoms with Crippen molar-refractivity contribution in [2.75, 3.05) is 34.0 Å². The Morgan fingerprint density at radius 2 is 1.63 bits per heavy atom. The summed E-state index contributed by atoms with van der Waals surface area (Å²) in [6.45, 7) is 3.12. The van der Waals surface area contributed by atoms with Crippen LogP contribution in [0.3, 0.4) is 0 Å². The summed E-state index contributed by atoms with van der Waals surface area (Å²) in [6, 6.07) is 13.1. The Morgan fingerprint density at radius 3 is 2.30 bits per heavy atom. The van der Waals surface area contributed by atoms with Gasteiger partial charge < -0.3 is 24.3 Å². The molecule has 0 aliphatic carbocycles. The van der Waals surface area contributed by atoms with Crippen LogP contribution in [-0.2, 0) is 11.2 Å². The molecule has 0 spiro atoms. The molecule has 2 rings (SSSR count). The Labute approximate surface area is 160 Å². The summed E-state index contributed by atoms with van der Waals surface area (Å²) < 4.78 is 21.5. The quantitative estimate of drug-likeness (QED) is 0.613. The third kappa shape index (κ3) is 6.73. The Bertz CT molecular complexity index is 710. The van der Waals surface area contributed by atoms with E-state index in [9.17, 15) is 4.79 Å². The summed E-state index contributed by atoms with van der Waals surface area (Å²) >= 11 is 0. The van der Waals surface area contributed by atoms with Crippen LogP contribution < -0.4 is 24.3 Å². The van der Waals surface area contributed by atoms with Gasteiger partial charge in [0, 0.05) is 24.7 Å². The van der Waals surface area contributed by atoms with E-state index >= 15 is 0 Å². The number of methoxy groups -OCH3 is 2. The number of nitrogens with one attached hydrogen (secondary N) is 1. The second-order valence-electron chi connectivity index (χ2n) is 5.83. The first-order valence-corrected chi connectivity index (χ1v) is 8.99. The molecule has 6 heteroatoms. The highest BCUT2D eigenvalue weighted by molar-refractivity contribution is 5.77. The molecule has 0 bridgehead atoms. The Morgan fingerprint density at radius 1 is 0.963 bits per heavy atom. The summed E-state index contributed by atoms with van der Waals surface area (Å²) in [5, 5.41) is 2.86. The highest BCUT2D eigenvalue weighted by Crippen LogP contribution is 2.27. The van der Waals surface area contributed by atoms with Crippen molar-refractivity contribution in [2.24, 2.45) is 0 Å². The molecule has 2 aromatic rings. The molecule has 0 aliphatic heterocycles. The molecule has 0 aromatic heterocycles. The van der Waals surface area contributed by atoms with E-state index in [1.165, 1.54) is 0 Å². The van der Waals surface area contributed by atoms with Crippen LogP contribution >= 0.6 is 0 Å². The molecule has 0 radical (unpaired) electrons. The summed E-state index contributed by atoms with van der Waals surface area (Å²) in [6.07, 6.45) is 1.66. The lowest BCUT2D eigenvalue weighted by Crippen LogP contribution is -2.29. The average Bonchev–Trinajstić information content (AvgIpc) is 2.70. The summed E-state index contributed by atoms with van der Waals surface area (Å²) in [4.78, 5) is 12.0. The van der Waals surface area contributed by atoms with Gasteiger partial charge in [0.05, 0.1) is 20.8 Å². The van der Waals surface area contributed by atoms with Crippen molar-refractivity contribution in [1.82, 2.24) is 5.32 Å². The Hall–Kier alpha value is -2.89. The molecule has 0 fully saturated rings. The molecule has 0 atom stereocenters. The smallest absolute Gasteiger partial charge is 0.257 e. The maximum Gasteiger partial charge on any atom is 0.257 e. The zero-order valence-electron chi connectivity index (χ0n) is 16.1. The number of aryl methyl sites for hydroxylation is 1. The van der Waals surface area contributed by atoms with Crippen molar-refractivity contribution < 1.29 is 23.7 Å². The third-order valence-corrected chi connectivity index (χ3v) is 3.91. The number of para-hydroxylation sites is 1. The number of amides is 1. The Balaban J connectivity index is 1.74. The number of carbonyl (C=O) groups excluding carboxylic acids is 1. The number of ether oxygens (including phenoxy) is 4. The lowest BCUT2D eigenvalue weighted by molar-refractivity contribution is -0.123. The molecular weight excluding hydrogens is 346 g/mol. The minimum absolute atomic E-state index is 0.0636. The molecule has 6 nitrogen and oxygen atoms in total. The number of rotatable bonds is 11. The van der Waals surface area contributed by atoms with Gasteiger partial charge in [-0.15, -0.1) is 0 Å². The summed E-state index contributed by atoms with van der Waals surface area (Å²) in [5.74, 6) is 2.47. The predicted octanol–water partition coefficient (Wildman–Crippen LogP) is 3.23. The van der Waals surface area contributed by atoms with Crippen LogP contribution in [0.25, 0.3) is 0 Å². The van der Waals surface area contributed by atoms with E-state index in [0.29, 0.717) is 30.4 Å². The van der Waals surface area contributed by atoms with Crippen molar-refractivity contribution in [2.45, 2.75) is 19.8 Å². The van der Waals surface area contributed by atoms with E-state index in [4.69, 9.17) is 18.9 Å². The molecule has 0 unspecified atom stereocenters. The van der Waals surface area contributed by atoms with Crippen LogP contribution in [0.15, 0.2) is 42.5 Å². The lowest BCUT2D eigenvalue weighted by atomic mass is 10.1. The van der Waals surface area contributed by atoms with E-state index in [-0.39, 0.29) is 12.5 Å². The van der Waals surface area contributed by atoms with Crippen LogP contribution in [0.4, 0.5) is 0 Å². The number of hydrogen-bond acceptors (Lipinski definition) is 5. The first-order valence-electron chi connectivity index (χ1n) is 8.99. The average molecular weight is 373 g/mol. The highest BCUT2D eigenvalue weighted by atomic mass is 16.5. The topological polar surface area (TPSA) is 66.0 Å². The third-order valence-electron chi connectivity index (χ3n) is 3.91. The van der Waals surface area contributed by atoms with Crippen molar-refractivity contribution in [3.63, 3.8) is 0 Å². The molecule has 1 N–H and O–H groups in total. The molecule has 0 saturated heterocycles. The molecule has 27 heavy (non-hydrogen) atoms. The molecule has 2 aromatic carbocycles. The van der Waals surface area contributed by atoms with Gasteiger partial charge in [-0.2, -0.15) is 0 Å². The van der Waals surface area contributed by atoms with Gasteiger partial charge in [0.1, 0.15) is 23.0 Å². The first-order chi connectivity index (χ1) is 13.2. The molecule has 0 heterocycles. The Kier molecular flexibility index (Phi) is 8.29. The second kappa shape index (κ2) is 11.0. The van der Waals surface area contributed by atoms with Crippen LogP contribution in [0.1, 0.15) is 18.9 Å². The van der Waals surface area contributed by atoms with Gasteiger partial charge in [-0.25, -0.2) is 0 Å². The van der Waals surface area contributed by atoms with E-state index in [1.807, 2.05) is 31.2 Å². The minimum atomic E-state index is -0.171. The van der Waals surface area contributed by atoms with Crippen molar-refractivity contribution in [3.05, 3.63) is 48.0 Å². The van der Waals surface area contributed by atoms with E-state index < -0.39 is 0 Å². The first kappa shape index (κ1) is 20.4. The number of benzene rings is 2. The fourth-order valence-electron chi connectivity index (χ4n) is 2.58. The summed E-state index contributed by atoms with van der Waals surface area (Å²) in [5.41, 5.74) is 1.15. The number of hydrogen-bond donors (Lipinski definition) is 1. The fourth-order valence-corrected chi connectivity index (χ4v) is 2.58. The molecule has 0 saturated carbocycles. The van der Waals surface area contributed by atoms with Gasteiger partial charge >= 0.3 is 0 Å². The maximum absolute atomic E-state index is 12.0. The van der Waals surface area contributed by atoms with Crippen LogP contribution in [0.5, 0.6) is 23.0 Å². The zero-order chi connectivity index (χ0) is 19.5. The second-order valence-corrected chi connectivity index (χ2v) is 5.83. The van der Waals surface area contributed by atoms with E-state index in [2.05, 4.69) is 5.32 Å². The monoisotopic (exact) mass is 373 g/mol. The van der Waals surface area contributed by atoms with Gasteiger partial charge in [-0.1, -0.05) is 18.2 Å². The van der Waals surface area contributed by atoms with Crippen LogP contribution in [0.2, 0.25) is 0 Å². The minimum Gasteiger partial charge on any atom is -0.496 e. The standard InChI is InChI=1S/C21H27NO5/c1-4-26-20-10-6-5-8-16(20)9-7-11-22-21(23)15-27-19-13-17(24-2)12-18(14-19)25-3/h5-6,8,10,12-14H,4,7,9,11,15H2,1-3H3,(H,22,23). The maximum atomic E-state index is 12.0. The zero-order valence-corrected chi connectivity index (χ0v) is 16.1. The van der Waals surface area contributed by atoms with Crippen molar-refractivity contribution >= 4 is 5.91 Å². The van der Waals surface area contributed by atoms with Crippen molar-refractivity contribution in [1.29, 1.82) is 0 Å². The SMILES string of the molecule is CCOc1ccccc1CCCNC(=O)COc1cc(OC)cc(OC)c1. The molecule has 1 amide bonds. The van der Waals surface area contributed by atoms with Crippen LogP contribution in [-0.4, -0.2) is 39.9 Å².